The summed E-state index contributed by atoms with van der Waals surface area (Å²) in [6, 6.07) is 4.88. The third-order valence-electron chi connectivity index (χ3n) is 1.91. The highest BCUT2D eigenvalue weighted by Gasteiger charge is 2.13. The van der Waals surface area contributed by atoms with Crippen molar-refractivity contribution < 1.29 is 12.9 Å². The van der Waals surface area contributed by atoms with E-state index in [2.05, 4.69) is 5.16 Å². The SMILES string of the molecule is Nc1ccc2onc(CS(N)(=O)=O)c2c1. The summed E-state index contributed by atoms with van der Waals surface area (Å²) in [7, 11) is -3.61. The van der Waals surface area contributed by atoms with Gasteiger partial charge in [0.05, 0.1) is 0 Å². The summed E-state index contributed by atoms with van der Waals surface area (Å²) in [4.78, 5) is 0. The Hall–Kier alpha value is -1.60. The number of nitrogens with zero attached hydrogens (tertiary/aromatic N) is 1. The Morgan fingerprint density at radius 1 is 1.40 bits per heavy atom. The van der Waals surface area contributed by atoms with Crippen LogP contribution in [0.3, 0.4) is 0 Å². The average Bonchev–Trinajstić information content (AvgIpc) is 2.46. The maximum Gasteiger partial charge on any atom is 0.214 e. The fourth-order valence-corrected chi connectivity index (χ4v) is 1.89. The van der Waals surface area contributed by atoms with Crippen molar-refractivity contribution in [3.8, 4) is 0 Å². The molecular formula is C8H9N3O3S. The maximum absolute atomic E-state index is 10.9. The summed E-state index contributed by atoms with van der Waals surface area (Å²) in [6.45, 7) is 0. The summed E-state index contributed by atoms with van der Waals surface area (Å²) in [5.41, 5.74) is 6.85. The van der Waals surface area contributed by atoms with Gasteiger partial charge in [-0.2, -0.15) is 0 Å². The second kappa shape index (κ2) is 3.21. The summed E-state index contributed by atoms with van der Waals surface area (Å²) >= 11 is 0. The minimum Gasteiger partial charge on any atom is -0.399 e. The van der Waals surface area contributed by atoms with Crippen LogP contribution in [0.4, 0.5) is 5.69 Å². The Kier molecular flexibility index (Phi) is 2.13. The van der Waals surface area contributed by atoms with Gasteiger partial charge in [-0.1, -0.05) is 5.16 Å². The Balaban J connectivity index is 2.57. The molecule has 2 rings (SSSR count). The Labute approximate surface area is 85.9 Å². The van der Waals surface area contributed by atoms with Crippen LogP contribution in [0, 0.1) is 0 Å². The van der Waals surface area contributed by atoms with Gasteiger partial charge in [-0.25, -0.2) is 13.6 Å². The average molecular weight is 227 g/mol. The zero-order valence-corrected chi connectivity index (χ0v) is 8.49. The van der Waals surface area contributed by atoms with Gasteiger partial charge < -0.3 is 10.3 Å². The van der Waals surface area contributed by atoms with Crippen molar-refractivity contribution in [3.63, 3.8) is 0 Å². The number of benzene rings is 1. The van der Waals surface area contributed by atoms with Crippen LogP contribution in [0.15, 0.2) is 22.7 Å². The van der Waals surface area contributed by atoms with E-state index in [-0.39, 0.29) is 11.4 Å². The highest BCUT2D eigenvalue weighted by Crippen LogP contribution is 2.21. The molecule has 2 aromatic rings. The van der Waals surface area contributed by atoms with Gasteiger partial charge in [0, 0.05) is 11.1 Å². The monoisotopic (exact) mass is 227 g/mol. The second-order valence-electron chi connectivity index (χ2n) is 3.19. The molecule has 0 unspecified atom stereocenters. The first-order valence-electron chi connectivity index (χ1n) is 4.10. The first-order chi connectivity index (χ1) is 6.96. The fourth-order valence-electron chi connectivity index (χ4n) is 1.30. The number of anilines is 1. The van der Waals surface area contributed by atoms with Gasteiger partial charge in [-0.05, 0) is 18.2 Å². The van der Waals surface area contributed by atoms with Crippen molar-refractivity contribution >= 4 is 26.7 Å². The summed E-state index contributed by atoms with van der Waals surface area (Å²) < 4.78 is 26.7. The molecule has 7 heteroatoms. The van der Waals surface area contributed by atoms with Crippen molar-refractivity contribution in [3.05, 3.63) is 23.9 Å². The van der Waals surface area contributed by atoms with E-state index >= 15 is 0 Å². The number of hydrogen-bond donors (Lipinski definition) is 2. The van der Waals surface area contributed by atoms with E-state index in [1.807, 2.05) is 0 Å². The highest BCUT2D eigenvalue weighted by atomic mass is 32.2. The van der Waals surface area contributed by atoms with Crippen LogP contribution in [-0.4, -0.2) is 13.6 Å². The molecule has 15 heavy (non-hydrogen) atoms. The lowest BCUT2D eigenvalue weighted by molar-refractivity contribution is 0.448. The van der Waals surface area contributed by atoms with E-state index < -0.39 is 10.0 Å². The third kappa shape index (κ3) is 2.08. The predicted molar refractivity (Wildman–Crippen MR) is 55.2 cm³/mol. The quantitative estimate of drug-likeness (QED) is 0.711. The van der Waals surface area contributed by atoms with Crippen LogP contribution in [0.5, 0.6) is 0 Å². The molecule has 0 amide bonds. The predicted octanol–water partition coefficient (Wildman–Crippen LogP) is 0.199. The van der Waals surface area contributed by atoms with Crippen LogP contribution in [-0.2, 0) is 15.8 Å². The number of fused-ring (bicyclic) bond motifs is 1. The van der Waals surface area contributed by atoms with Crippen LogP contribution in [0.2, 0.25) is 0 Å². The molecule has 1 aromatic heterocycles. The number of rotatable bonds is 2. The van der Waals surface area contributed by atoms with Crippen molar-refractivity contribution in [2.24, 2.45) is 5.14 Å². The fraction of sp³-hybridized carbons (Fsp3) is 0.125. The molecule has 0 spiro atoms. The third-order valence-corrected chi connectivity index (χ3v) is 2.58. The van der Waals surface area contributed by atoms with Crippen LogP contribution >= 0.6 is 0 Å². The number of nitrogen functional groups attached to an aromatic ring is 1. The molecule has 1 heterocycles. The first kappa shape index (κ1) is 9.94. The number of aromatic nitrogens is 1. The molecule has 1 aromatic carbocycles. The van der Waals surface area contributed by atoms with E-state index in [1.54, 1.807) is 18.2 Å². The van der Waals surface area contributed by atoms with Gasteiger partial charge in [-0.15, -0.1) is 0 Å². The molecule has 0 saturated heterocycles. The van der Waals surface area contributed by atoms with E-state index in [1.165, 1.54) is 0 Å². The molecule has 0 bridgehead atoms. The molecule has 0 fully saturated rings. The zero-order valence-electron chi connectivity index (χ0n) is 7.67. The van der Waals surface area contributed by atoms with Gasteiger partial charge in [0.15, 0.2) is 5.58 Å². The Bertz CT molecular complexity index is 603. The lowest BCUT2D eigenvalue weighted by Crippen LogP contribution is -2.14. The Morgan fingerprint density at radius 3 is 2.80 bits per heavy atom. The first-order valence-corrected chi connectivity index (χ1v) is 5.81. The van der Waals surface area contributed by atoms with Crippen molar-refractivity contribution in [1.29, 1.82) is 0 Å². The lowest BCUT2D eigenvalue weighted by Gasteiger charge is -1.94. The van der Waals surface area contributed by atoms with E-state index in [9.17, 15) is 8.42 Å². The van der Waals surface area contributed by atoms with E-state index in [0.717, 1.165) is 0 Å². The summed E-state index contributed by atoms with van der Waals surface area (Å²) in [5, 5.41) is 9.12. The van der Waals surface area contributed by atoms with Gasteiger partial charge >= 0.3 is 0 Å². The molecule has 0 radical (unpaired) electrons. The Morgan fingerprint density at radius 2 is 2.13 bits per heavy atom. The van der Waals surface area contributed by atoms with Crippen molar-refractivity contribution in [1.82, 2.24) is 5.16 Å². The standard InChI is InChI=1S/C8H9N3O3S/c9-5-1-2-8-6(3-5)7(11-14-8)4-15(10,12)13/h1-3H,4,9H2,(H2,10,12,13). The van der Waals surface area contributed by atoms with Gasteiger partial charge in [0.25, 0.3) is 0 Å². The van der Waals surface area contributed by atoms with Gasteiger partial charge in [0.2, 0.25) is 10.0 Å². The van der Waals surface area contributed by atoms with E-state index in [0.29, 0.717) is 16.7 Å². The zero-order chi connectivity index (χ0) is 11.1. The van der Waals surface area contributed by atoms with E-state index in [4.69, 9.17) is 15.4 Å². The maximum atomic E-state index is 10.9. The topological polar surface area (TPSA) is 112 Å². The molecule has 0 aliphatic heterocycles. The number of hydrogen-bond acceptors (Lipinski definition) is 5. The molecule has 0 aliphatic carbocycles. The second-order valence-corrected chi connectivity index (χ2v) is 4.81. The lowest BCUT2D eigenvalue weighted by atomic mass is 10.2. The summed E-state index contributed by atoms with van der Waals surface area (Å²) in [5.74, 6) is -0.358. The van der Waals surface area contributed by atoms with Crippen LogP contribution in [0.25, 0.3) is 11.0 Å². The highest BCUT2D eigenvalue weighted by molar-refractivity contribution is 7.88. The molecule has 80 valence electrons. The van der Waals surface area contributed by atoms with Crippen LogP contribution in [0.1, 0.15) is 5.69 Å². The molecule has 0 saturated carbocycles. The largest absolute Gasteiger partial charge is 0.399 e. The minimum absolute atomic E-state index is 0.278. The van der Waals surface area contributed by atoms with Gasteiger partial charge in [0.1, 0.15) is 11.4 Å². The van der Waals surface area contributed by atoms with Crippen LogP contribution < -0.4 is 10.9 Å². The number of primary sulfonamides is 1. The minimum atomic E-state index is -3.61. The smallest absolute Gasteiger partial charge is 0.214 e. The molecule has 0 aliphatic rings. The number of sulfonamides is 1. The molecular weight excluding hydrogens is 218 g/mol. The van der Waals surface area contributed by atoms with Gasteiger partial charge in [-0.3, -0.25) is 0 Å². The summed E-state index contributed by atoms with van der Waals surface area (Å²) in [6.07, 6.45) is 0. The molecule has 4 N–H and O–H groups in total. The normalized spacial score (nSPS) is 12.1. The van der Waals surface area contributed by atoms with Crippen molar-refractivity contribution in [2.45, 2.75) is 5.75 Å². The molecule has 0 atom stereocenters. The van der Waals surface area contributed by atoms with Crippen molar-refractivity contribution in [2.75, 3.05) is 5.73 Å². The number of nitrogens with two attached hydrogens (primary N) is 2. The molecule has 6 nitrogen and oxygen atoms in total.